The number of hydrogen-bond acceptors (Lipinski definition) is 6. The molecular formula is C20H24NO4S2+. The van der Waals surface area contributed by atoms with Crippen LogP contribution < -0.4 is 0 Å². The molecule has 0 aromatic heterocycles. The van der Waals surface area contributed by atoms with Crippen LogP contribution in [-0.4, -0.2) is 28.1 Å². The highest BCUT2D eigenvalue weighted by atomic mass is 32.2. The number of amides is 1. The first-order valence-electron chi connectivity index (χ1n) is 8.37. The molecule has 0 saturated heterocycles. The van der Waals surface area contributed by atoms with Gasteiger partial charge in [-0.1, -0.05) is 42.5 Å². The minimum absolute atomic E-state index is 0.243. The third kappa shape index (κ3) is 5.76. The van der Waals surface area contributed by atoms with Gasteiger partial charge in [0.25, 0.3) is 0 Å². The quantitative estimate of drug-likeness (QED) is 0.422. The predicted molar refractivity (Wildman–Crippen MR) is 111 cm³/mol. The molecule has 7 heteroatoms. The maximum absolute atomic E-state index is 12.5. The second-order valence-corrected chi connectivity index (χ2v) is 8.78. The summed E-state index contributed by atoms with van der Waals surface area (Å²) in [6.07, 6.45) is -0.569. The standard InChI is InChI=1S/C20H24NO4S2/c1-20(2,3)25-18(22)17-8-6-5-7-16(17)15-11-9-14(10-12-15)13-21(26,27)19(23)24-4/h5-12,26-27H,13H2,1-4H3/q+1. The van der Waals surface area contributed by atoms with E-state index in [-0.39, 0.29) is 12.5 Å². The van der Waals surface area contributed by atoms with Gasteiger partial charge in [-0.15, -0.1) is 3.29 Å². The van der Waals surface area contributed by atoms with Gasteiger partial charge >= 0.3 is 12.1 Å². The van der Waals surface area contributed by atoms with Crippen LogP contribution in [0.2, 0.25) is 0 Å². The molecular weight excluding hydrogens is 382 g/mol. The van der Waals surface area contributed by atoms with Crippen LogP contribution in [-0.2, 0) is 16.0 Å². The molecule has 2 rings (SSSR count). The molecule has 144 valence electrons. The largest absolute Gasteiger partial charge is 0.539 e. The van der Waals surface area contributed by atoms with E-state index in [0.717, 1.165) is 16.7 Å². The fourth-order valence-electron chi connectivity index (χ4n) is 2.50. The third-order valence-corrected chi connectivity index (χ3v) is 4.29. The number of ether oxygens (including phenoxy) is 2. The molecule has 2 aromatic carbocycles. The van der Waals surface area contributed by atoms with E-state index in [0.29, 0.717) is 5.56 Å². The van der Waals surface area contributed by atoms with Gasteiger partial charge in [0.1, 0.15) is 12.1 Å². The van der Waals surface area contributed by atoms with Crippen LogP contribution in [0.15, 0.2) is 48.5 Å². The predicted octanol–water partition coefficient (Wildman–Crippen LogP) is 5.08. The van der Waals surface area contributed by atoms with Crippen molar-refractivity contribution in [3.05, 3.63) is 59.7 Å². The van der Waals surface area contributed by atoms with Gasteiger partial charge in [0.2, 0.25) is 0 Å². The zero-order valence-electron chi connectivity index (χ0n) is 15.8. The van der Waals surface area contributed by atoms with Crippen molar-refractivity contribution in [1.82, 2.24) is 0 Å². The van der Waals surface area contributed by atoms with Crippen molar-refractivity contribution in [3.8, 4) is 11.1 Å². The van der Waals surface area contributed by atoms with Gasteiger partial charge in [-0.3, -0.25) is 0 Å². The topological polar surface area (TPSA) is 52.6 Å². The lowest BCUT2D eigenvalue weighted by molar-refractivity contribution is -0.573. The number of carbonyl (C=O) groups excluding carboxylic acids is 2. The van der Waals surface area contributed by atoms with Crippen molar-refractivity contribution in [1.29, 1.82) is 0 Å². The Morgan fingerprint density at radius 1 is 1.00 bits per heavy atom. The second kappa shape index (κ2) is 8.37. The van der Waals surface area contributed by atoms with Crippen molar-refractivity contribution in [2.24, 2.45) is 0 Å². The number of esters is 1. The smallest absolute Gasteiger partial charge is 0.456 e. The molecule has 0 saturated carbocycles. The summed E-state index contributed by atoms with van der Waals surface area (Å²) < 4.78 is 9.68. The Labute approximate surface area is 171 Å². The lowest BCUT2D eigenvalue weighted by Crippen LogP contribution is -2.34. The normalized spacial score (nSPS) is 11.8. The van der Waals surface area contributed by atoms with Gasteiger partial charge in [0, 0.05) is 5.56 Å². The summed E-state index contributed by atoms with van der Waals surface area (Å²) in [5.41, 5.74) is 2.44. The van der Waals surface area contributed by atoms with Gasteiger partial charge in [-0.05, 0) is 38.0 Å². The van der Waals surface area contributed by atoms with E-state index >= 15 is 0 Å². The highest BCUT2D eigenvalue weighted by molar-refractivity contribution is 7.88. The summed E-state index contributed by atoms with van der Waals surface area (Å²) in [6, 6.07) is 14.8. The van der Waals surface area contributed by atoms with E-state index in [1.807, 2.05) is 57.2 Å². The molecule has 0 heterocycles. The number of methoxy groups -OCH3 is 1. The van der Waals surface area contributed by atoms with Crippen LogP contribution in [0.25, 0.3) is 11.1 Å². The fourth-order valence-corrected chi connectivity index (χ4v) is 2.99. The molecule has 0 atom stereocenters. The van der Waals surface area contributed by atoms with E-state index < -0.39 is 15.0 Å². The molecule has 0 aliphatic heterocycles. The summed E-state index contributed by atoms with van der Waals surface area (Å²) >= 11 is 8.44. The minimum atomic E-state index is -0.569. The molecule has 0 fully saturated rings. The Morgan fingerprint density at radius 2 is 1.59 bits per heavy atom. The van der Waals surface area contributed by atoms with E-state index in [1.165, 1.54) is 7.11 Å². The van der Waals surface area contributed by atoms with Crippen LogP contribution in [0, 0.1) is 0 Å². The fraction of sp³-hybridized carbons (Fsp3) is 0.300. The van der Waals surface area contributed by atoms with Crippen LogP contribution in [0.3, 0.4) is 0 Å². The Balaban J connectivity index is 2.28. The second-order valence-electron chi connectivity index (χ2n) is 7.10. The number of hydrogen-bond donors (Lipinski definition) is 2. The Kier molecular flexibility index (Phi) is 6.62. The van der Waals surface area contributed by atoms with Crippen molar-refractivity contribution in [2.75, 3.05) is 7.11 Å². The van der Waals surface area contributed by atoms with Crippen LogP contribution >= 0.6 is 25.6 Å². The highest BCUT2D eigenvalue weighted by Gasteiger charge is 2.32. The molecule has 0 N–H and O–H groups in total. The Bertz CT molecular complexity index is 827. The number of rotatable bonds is 4. The first-order chi connectivity index (χ1) is 12.5. The van der Waals surface area contributed by atoms with E-state index in [9.17, 15) is 9.59 Å². The maximum Gasteiger partial charge on any atom is 0.539 e. The van der Waals surface area contributed by atoms with Crippen LogP contribution in [0.5, 0.6) is 0 Å². The summed E-state index contributed by atoms with van der Waals surface area (Å²) in [5, 5.41) is 0. The van der Waals surface area contributed by atoms with Crippen molar-refractivity contribution >= 4 is 37.7 Å². The molecule has 0 aliphatic rings. The zero-order valence-corrected chi connectivity index (χ0v) is 17.6. The highest BCUT2D eigenvalue weighted by Crippen LogP contribution is 2.28. The molecule has 0 spiro atoms. The summed E-state index contributed by atoms with van der Waals surface area (Å²) in [4.78, 5) is 24.2. The van der Waals surface area contributed by atoms with Crippen LogP contribution in [0.4, 0.5) is 4.79 Å². The monoisotopic (exact) mass is 406 g/mol. The molecule has 2 aromatic rings. The minimum Gasteiger partial charge on any atom is -0.456 e. The average Bonchev–Trinajstić information content (AvgIpc) is 2.60. The number of quaternary nitrogens is 1. The first kappa shape index (κ1) is 21.3. The number of carbonyl (C=O) groups is 2. The molecule has 5 nitrogen and oxygen atoms in total. The van der Waals surface area contributed by atoms with Crippen molar-refractivity contribution in [2.45, 2.75) is 32.9 Å². The molecule has 0 bridgehead atoms. The lowest BCUT2D eigenvalue weighted by Gasteiger charge is -2.21. The van der Waals surface area contributed by atoms with Gasteiger partial charge < -0.3 is 9.47 Å². The van der Waals surface area contributed by atoms with Crippen LogP contribution in [0.1, 0.15) is 36.7 Å². The molecule has 27 heavy (non-hydrogen) atoms. The summed E-state index contributed by atoms with van der Waals surface area (Å²) in [6.45, 7) is 5.75. The van der Waals surface area contributed by atoms with Crippen molar-refractivity contribution in [3.63, 3.8) is 0 Å². The number of nitrogens with zero attached hydrogens (tertiary/aromatic N) is 1. The SMILES string of the molecule is COC(=O)[N+](S)(S)Cc1ccc(-c2ccccc2C(=O)OC(C)(C)C)cc1. The Morgan fingerprint density at radius 3 is 2.15 bits per heavy atom. The molecule has 0 aliphatic carbocycles. The summed E-state index contributed by atoms with van der Waals surface area (Å²) in [5.74, 6) is -0.366. The molecule has 1 amide bonds. The van der Waals surface area contributed by atoms with E-state index in [4.69, 9.17) is 9.47 Å². The number of thiol groups is 2. The average molecular weight is 407 g/mol. The van der Waals surface area contributed by atoms with E-state index in [1.54, 1.807) is 12.1 Å². The first-order valence-corrected chi connectivity index (χ1v) is 9.17. The third-order valence-electron chi connectivity index (χ3n) is 3.68. The van der Waals surface area contributed by atoms with Crippen molar-refractivity contribution < 1.29 is 22.4 Å². The zero-order chi connectivity index (χ0) is 20.2. The lowest BCUT2D eigenvalue weighted by atomic mass is 9.98. The van der Waals surface area contributed by atoms with E-state index in [2.05, 4.69) is 25.6 Å². The molecule has 0 radical (unpaired) electrons. The van der Waals surface area contributed by atoms with Gasteiger partial charge in [0.15, 0.2) is 0 Å². The Hall–Kier alpha value is -1.96. The van der Waals surface area contributed by atoms with Gasteiger partial charge in [-0.25, -0.2) is 4.79 Å². The maximum atomic E-state index is 12.5. The van der Waals surface area contributed by atoms with Gasteiger partial charge in [0.05, 0.1) is 38.3 Å². The van der Waals surface area contributed by atoms with Gasteiger partial charge in [-0.2, -0.15) is 4.79 Å². The number of benzene rings is 2. The molecule has 0 unspecified atom stereocenters. The summed E-state index contributed by atoms with van der Waals surface area (Å²) in [7, 11) is 1.29.